The van der Waals surface area contributed by atoms with Crippen LogP contribution in [-0.2, 0) is 10.9 Å². The molecule has 1 aromatic carbocycles. The number of ether oxygens (including phenoxy) is 1. The lowest BCUT2D eigenvalue weighted by molar-refractivity contribution is -0.137. The van der Waals surface area contributed by atoms with Crippen molar-refractivity contribution in [3.8, 4) is 5.69 Å². The monoisotopic (exact) mass is 351 g/mol. The van der Waals surface area contributed by atoms with Crippen LogP contribution in [-0.4, -0.2) is 17.1 Å². The predicted octanol–water partition coefficient (Wildman–Crippen LogP) is 4.98. The molecule has 0 radical (unpaired) electrons. The lowest BCUT2D eigenvalue weighted by Crippen LogP contribution is -2.12. The maximum absolute atomic E-state index is 12.7. The Labute approximate surface area is 134 Å². The van der Waals surface area contributed by atoms with Crippen molar-refractivity contribution >= 4 is 29.2 Å². The second-order valence-electron chi connectivity index (χ2n) is 4.27. The van der Waals surface area contributed by atoms with Crippen LogP contribution < -0.4 is 0 Å². The maximum atomic E-state index is 12.7. The van der Waals surface area contributed by atoms with Crippen LogP contribution in [0.25, 0.3) is 5.69 Å². The summed E-state index contributed by atoms with van der Waals surface area (Å²) in [5, 5.41) is -0.442. The number of hydrogen-bond acceptors (Lipinski definition) is 2. The van der Waals surface area contributed by atoms with Gasteiger partial charge in [0.1, 0.15) is 5.69 Å². The van der Waals surface area contributed by atoms with Crippen LogP contribution in [0.4, 0.5) is 13.2 Å². The van der Waals surface area contributed by atoms with E-state index in [0.717, 1.165) is 12.1 Å². The summed E-state index contributed by atoms with van der Waals surface area (Å²) in [4.78, 5) is 11.8. The number of esters is 1. The van der Waals surface area contributed by atoms with Gasteiger partial charge in [0.05, 0.1) is 27.9 Å². The first-order valence-electron chi connectivity index (χ1n) is 6.16. The van der Waals surface area contributed by atoms with E-state index >= 15 is 0 Å². The predicted molar refractivity (Wildman–Crippen MR) is 76.7 cm³/mol. The molecule has 118 valence electrons. The zero-order chi connectivity index (χ0) is 16.5. The summed E-state index contributed by atoms with van der Waals surface area (Å²) in [6.07, 6.45) is -3.10. The minimum atomic E-state index is -4.56. The van der Waals surface area contributed by atoms with Gasteiger partial charge in [-0.3, -0.25) is 0 Å². The number of alkyl halides is 3. The fourth-order valence-electron chi connectivity index (χ4n) is 1.91. The van der Waals surface area contributed by atoms with Gasteiger partial charge in [0.2, 0.25) is 0 Å². The Morgan fingerprint density at radius 3 is 2.36 bits per heavy atom. The Morgan fingerprint density at radius 2 is 1.86 bits per heavy atom. The summed E-state index contributed by atoms with van der Waals surface area (Å²) in [5.41, 5.74) is -0.758. The molecule has 2 aromatic rings. The van der Waals surface area contributed by atoms with Gasteiger partial charge in [-0.05, 0) is 31.2 Å². The summed E-state index contributed by atoms with van der Waals surface area (Å²) < 4.78 is 44.4. The fraction of sp³-hybridized carbons (Fsp3) is 0.214. The Hall–Kier alpha value is -1.66. The van der Waals surface area contributed by atoms with E-state index in [4.69, 9.17) is 27.9 Å². The first kappa shape index (κ1) is 16.7. The van der Waals surface area contributed by atoms with E-state index in [2.05, 4.69) is 0 Å². The van der Waals surface area contributed by atoms with E-state index < -0.39 is 17.7 Å². The van der Waals surface area contributed by atoms with Crippen molar-refractivity contribution in [3.63, 3.8) is 0 Å². The molecular weight excluding hydrogens is 342 g/mol. The third kappa shape index (κ3) is 3.23. The average molecular weight is 352 g/mol. The van der Waals surface area contributed by atoms with Crippen molar-refractivity contribution in [2.75, 3.05) is 6.61 Å². The molecule has 0 amide bonds. The van der Waals surface area contributed by atoms with E-state index in [9.17, 15) is 18.0 Å². The normalized spacial score (nSPS) is 11.5. The molecule has 0 unspecified atom stereocenters. The minimum absolute atomic E-state index is 0.0874. The van der Waals surface area contributed by atoms with E-state index in [0.29, 0.717) is 0 Å². The van der Waals surface area contributed by atoms with Crippen molar-refractivity contribution in [1.82, 2.24) is 4.57 Å². The second kappa shape index (κ2) is 6.22. The van der Waals surface area contributed by atoms with Crippen LogP contribution in [0, 0.1) is 0 Å². The van der Waals surface area contributed by atoms with Crippen LogP contribution in [0.3, 0.4) is 0 Å². The number of aromatic nitrogens is 1. The summed E-state index contributed by atoms with van der Waals surface area (Å²) in [5.74, 6) is -0.625. The molecule has 0 aliphatic heterocycles. The molecule has 8 heteroatoms. The van der Waals surface area contributed by atoms with Gasteiger partial charge in [-0.25, -0.2) is 4.79 Å². The fourth-order valence-corrected chi connectivity index (χ4v) is 2.58. The molecule has 0 aliphatic rings. The Morgan fingerprint density at radius 1 is 1.27 bits per heavy atom. The highest BCUT2D eigenvalue weighted by atomic mass is 35.5. The third-order valence-electron chi connectivity index (χ3n) is 2.82. The molecule has 0 saturated carbocycles. The first-order chi connectivity index (χ1) is 10.3. The van der Waals surface area contributed by atoms with Crippen molar-refractivity contribution < 1.29 is 22.7 Å². The number of nitrogens with zero attached hydrogens (tertiary/aromatic N) is 1. The van der Waals surface area contributed by atoms with Crippen LogP contribution in [0.1, 0.15) is 23.0 Å². The average Bonchev–Trinajstić information content (AvgIpc) is 2.86. The van der Waals surface area contributed by atoms with Gasteiger partial charge in [0, 0.05) is 6.20 Å². The van der Waals surface area contributed by atoms with Crippen molar-refractivity contribution in [2.24, 2.45) is 0 Å². The number of hydrogen-bond donors (Lipinski definition) is 0. The quantitative estimate of drug-likeness (QED) is 0.730. The Balaban J connectivity index is 2.56. The van der Waals surface area contributed by atoms with Crippen molar-refractivity contribution in [1.29, 1.82) is 0 Å². The van der Waals surface area contributed by atoms with Gasteiger partial charge in [0.15, 0.2) is 0 Å². The Bertz CT molecular complexity index is 687. The number of rotatable bonds is 3. The van der Waals surface area contributed by atoms with Crippen LogP contribution >= 0.6 is 23.2 Å². The Kier molecular flexibility index (Phi) is 4.72. The van der Waals surface area contributed by atoms with E-state index in [-0.39, 0.29) is 28.0 Å². The summed E-state index contributed by atoms with van der Waals surface area (Å²) >= 11 is 11.9. The summed E-state index contributed by atoms with van der Waals surface area (Å²) in [6, 6.07) is 4.52. The van der Waals surface area contributed by atoms with Gasteiger partial charge < -0.3 is 9.30 Å². The highest BCUT2D eigenvalue weighted by Crippen LogP contribution is 2.38. The molecule has 0 atom stereocenters. The molecule has 2 rings (SSSR count). The van der Waals surface area contributed by atoms with E-state index in [1.807, 2.05) is 0 Å². The number of benzene rings is 1. The first-order valence-corrected chi connectivity index (χ1v) is 6.92. The molecule has 1 heterocycles. The summed E-state index contributed by atoms with van der Waals surface area (Å²) in [6.45, 7) is 1.81. The molecule has 1 aromatic heterocycles. The van der Waals surface area contributed by atoms with E-state index in [1.165, 1.54) is 22.9 Å². The van der Waals surface area contributed by atoms with Crippen molar-refractivity contribution in [2.45, 2.75) is 13.1 Å². The smallest absolute Gasteiger partial charge is 0.416 e. The van der Waals surface area contributed by atoms with Gasteiger partial charge in [-0.1, -0.05) is 23.2 Å². The molecule has 0 fully saturated rings. The van der Waals surface area contributed by atoms with E-state index in [1.54, 1.807) is 6.92 Å². The lowest BCUT2D eigenvalue weighted by atomic mass is 10.2. The zero-order valence-corrected chi connectivity index (χ0v) is 12.8. The van der Waals surface area contributed by atoms with Gasteiger partial charge in [0.25, 0.3) is 0 Å². The number of carbonyl (C=O) groups is 1. The molecule has 0 saturated heterocycles. The van der Waals surface area contributed by atoms with Gasteiger partial charge in [-0.2, -0.15) is 13.2 Å². The molecule has 22 heavy (non-hydrogen) atoms. The third-order valence-corrected chi connectivity index (χ3v) is 3.39. The van der Waals surface area contributed by atoms with Gasteiger partial charge in [-0.15, -0.1) is 0 Å². The largest absolute Gasteiger partial charge is 0.461 e. The molecular formula is C14H10Cl2F3NO2. The lowest BCUT2D eigenvalue weighted by Gasteiger charge is -2.15. The van der Waals surface area contributed by atoms with Crippen molar-refractivity contribution in [3.05, 3.63) is 51.8 Å². The molecule has 0 bridgehead atoms. The molecule has 3 nitrogen and oxygen atoms in total. The SMILES string of the molecule is CCOC(=O)c1cccn1-c1c(Cl)cc(C(F)(F)F)cc1Cl. The molecule has 0 N–H and O–H groups in total. The highest BCUT2D eigenvalue weighted by molar-refractivity contribution is 6.38. The maximum Gasteiger partial charge on any atom is 0.416 e. The highest BCUT2D eigenvalue weighted by Gasteiger charge is 2.32. The number of halogens is 5. The second-order valence-corrected chi connectivity index (χ2v) is 5.08. The standard InChI is InChI=1S/C14H10Cl2F3NO2/c1-2-22-13(21)11-4-3-5-20(11)12-9(15)6-8(7-10(12)16)14(17,18)19/h3-7H,2H2,1H3. The van der Waals surface area contributed by atoms with Crippen LogP contribution in [0.2, 0.25) is 10.0 Å². The summed E-state index contributed by atoms with van der Waals surface area (Å²) in [7, 11) is 0. The number of carbonyl (C=O) groups excluding carboxylic acids is 1. The van der Waals surface area contributed by atoms with Crippen LogP contribution in [0.15, 0.2) is 30.5 Å². The molecule has 0 spiro atoms. The minimum Gasteiger partial charge on any atom is -0.461 e. The zero-order valence-electron chi connectivity index (χ0n) is 11.2. The van der Waals surface area contributed by atoms with Gasteiger partial charge >= 0.3 is 12.1 Å². The molecule has 0 aliphatic carbocycles. The van der Waals surface area contributed by atoms with Crippen LogP contribution in [0.5, 0.6) is 0 Å². The topological polar surface area (TPSA) is 31.2 Å².